The summed E-state index contributed by atoms with van der Waals surface area (Å²) < 4.78 is 29.7. The van der Waals surface area contributed by atoms with E-state index >= 15 is 0 Å². The fraction of sp³-hybridized carbons (Fsp3) is 0.118. The van der Waals surface area contributed by atoms with Crippen LogP contribution < -0.4 is 4.74 Å². The first kappa shape index (κ1) is 19.3. The van der Waals surface area contributed by atoms with Gasteiger partial charge in [-0.1, -0.05) is 36.4 Å². The Bertz CT molecular complexity index is 889. The van der Waals surface area contributed by atoms with Gasteiger partial charge in [-0.3, -0.25) is 0 Å². The zero-order chi connectivity index (χ0) is 18.3. The molecule has 8 heteroatoms. The number of nitrogens with zero attached hydrogens (tertiary/aromatic N) is 1. The van der Waals surface area contributed by atoms with Crippen molar-refractivity contribution in [2.24, 2.45) is 0 Å². The molecule has 132 valence electrons. The van der Waals surface area contributed by atoms with Gasteiger partial charge in [-0.2, -0.15) is 8.42 Å². The Balaban J connectivity index is 0.000000399. The maximum atomic E-state index is 9.16. The Kier molecular flexibility index (Phi) is 6.87. The van der Waals surface area contributed by atoms with Gasteiger partial charge in [0.2, 0.25) is 5.89 Å². The van der Waals surface area contributed by atoms with Crippen LogP contribution in [-0.4, -0.2) is 13.4 Å². The molecule has 0 aliphatic carbocycles. The molecule has 1 heterocycles. The number of hydrogen-bond donors (Lipinski definition) is 0. The van der Waals surface area contributed by atoms with E-state index in [1.807, 2.05) is 67.6 Å². The van der Waals surface area contributed by atoms with Crippen molar-refractivity contribution in [2.75, 3.05) is 0 Å². The normalized spacial score (nSPS) is 10.7. The van der Waals surface area contributed by atoms with E-state index in [1.165, 1.54) is 0 Å². The maximum Gasteiger partial charge on any atom is 0.317 e. The quantitative estimate of drug-likeness (QED) is 0.581. The zero-order valence-electron chi connectivity index (χ0n) is 13.2. The molecule has 0 bridgehead atoms. The summed E-state index contributed by atoms with van der Waals surface area (Å²) in [6.07, 6.45) is 0. The summed E-state index contributed by atoms with van der Waals surface area (Å²) in [6.45, 7) is 2.31. The molecular weight excluding hydrogens is 385 g/mol. The van der Waals surface area contributed by atoms with Gasteiger partial charge in [0, 0.05) is 26.9 Å². The van der Waals surface area contributed by atoms with E-state index in [-0.39, 0.29) is 0 Å². The largest absolute Gasteiger partial charge is 0.487 e. The monoisotopic (exact) mass is 399 g/mol. The van der Waals surface area contributed by atoms with Gasteiger partial charge in [0.25, 0.3) is 0 Å². The molecule has 0 saturated carbocycles. The minimum Gasteiger partial charge on any atom is -0.487 e. The van der Waals surface area contributed by atoms with Gasteiger partial charge in [0.1, 0.15) is 23.8 Å². The molecule has 2 aromatic carbocycles. The molecule has 25 heavy (non-hydrogen) atoms. The van der Waals surface area contributed by atoms with Crippen molar-refractivity contribution in [1.82, 2.24) is 4.98 Å². The van der Waals surface area contributed by atoms with E-state index in [2.05, 4.69) is 26.3 Å². The van der Waals surface area contributed by atoms with Crippen LogP contribution in [0.2, 0.25) is 0 Å². The van der Waals surface area contributed by atoms with Gasteiger partial charge in [0.15, 0.2) is 0 Å². The minimum atomic E-state index is -3.72. The van der Waals surface area contributed by atoms with Crippen molar-refractivity contribution in [2.45, 2.75) is 13.5 Å². The Labute approximate surface area is 155 Å². The van der Waals surface area contributed by atoms with E-state index in [9.17, 15) is 0 Å². The lowest BCUT2D eigenvalue weighted by Crippen LogP contribution is -1.97. The molecule has 0 unspecified atom stereocenters. The molecule has 0 fully saturated rings. The van der Waals surface area contributed by atoms with E-state index in [0.29, 0.717) is 12.5 Å². The average molecular weight is 400 g/mol. The summed E-state index contributed by atoms with van der Waals surface area (Å²) in [6, 6.07) is 19.6. The first-order chi connectivity index (χ1) is 11.8. The van der Waals surface area contributed by atoms with Gasteiger partial charge in [0.05, 0.1) is 0 Å². The molecule has 0 radical (unpaired) electrons. The highest BCUT2D eigenvalue weighted by molar-refractivity contribution is 8.31. The number of hydrogen-bond acceptors (Lipinski definition) is 5. The smallest absolute Gasteiger partial charge is 0.317 e. The fourth-order valence-electron chi connectivity index (χ4n) is 1.93. The molecule has 0 spiro atoms. The predicted molar refractivity (Wildman–Crippen MR) is 98.1 cm³/mol. The Morgan fingerprint density at radius 3 is 2.08 bits per heavy atom. The molecule has 3 rings (SSSR count). The van der Waals surface area contributed by atoms with Gasteiger partial charge in [-0.05, 0) is 31.2 Å². The SMILES string of the molecule is Cc1oc(-c2ccccc2)nc1COc1ccccc1.O=S(=O)(Cl)Cl. The number of aromatic nitrogens is 1. The highest BCUT2D eigenvalue weighted by atomic mass is 36.0. The molecular formula is C17H15Cl2NO4S. The summed E-state index contributed by atoms with van der Waals surface area (Å²) in [7, 11) is 4.81. The van der Waals surface area contributed by atoms with Crippen LogP contribution in [0.1, 0.15) is 11.5 Å². The van der Waals surface area contributed by atoms with Crippen LogP contribution in [0, 0.1) is 6.92 Å². The van der Waals surface area contributed by atoms with Crippen LogP contribution in [0.4, 0.5) is 0 Å². The number of oxazole rings is 1. The first-order valence-electron chi connectivity index (χ1n) is 7.17. The third kappa shape index (κ3) is 7.17. The number of rotatable bonds is 4. The van der Waals surface area contributed by atoms with Crippen molar-refractivity contribution in [1.29, 1.82) is 0 Å². The van der Waals surface area contributed by atoms with Crippen LogP contribution in [-0.2, 0) is 14.9 Å². The number of aryl methyl sites for hydroxylation is 1. The van der Waals surface area contributed by atoms with Crippen molar-refractivity contribution in [3.05, 3.63) is 72.1 Å². The highest BCUT2D eigenvalue weighted by Crippen LogP contribution is 2.22. The maximum absolute atomic E-state index is 9.16. The summed E-state index contributed by atoms with van der Waals surface area (Å²) >= 11 is 0. The van der Waals surface area contributed by atoms with Crippen molar-refractivity contribution in [3.63, 3.8) is 0 Å². The Morgan fingerprint density at radius 1 is 1.00 bits per heavy atom. The Morgan fingerprint density at radius 2 is 1.52 bits per heavy atom. The minimum absolute atomic E-state index is 0.409. The van der Waals surface area contributed by atoms with Crippen molar-refractivity contribution in [3.8, 4) is 17.2 Å². The number of para-hydroxylation sites is 1. The van der Waals surface area contributed by atoms with Crippen LogP contribution in [0.3, 0.4) is 0 Å². The number of ether oxygens (including phenoxy) is 1. The molecule has 1 aromatic heterocycles. The van der Waals surface area contributed by atoms with E-state index in [4.69, 9.17) is 17.6 Å². The molecule has 0 amide bonds. The zero-order valence-corrected chi connectivity index (χ0v) is 15.6. The lowest BCUT2D eigenvalue weighted by Gasteiger charge is -2.03. The van der Waals surface area contributed by atoms with Crippen LogP contribution in [0.15, 0.2) is 65.1 Å². The summed E-state index contributed by atoms with van der Waals surface area (Å²) in [5.74, 6) is 2.26. The Hall–Kier alpha value is -2.02. The second-order valence-electron chi connectivity index (χ2n) is 4.87. The van der Waals surface area contributed by atoms with Gasteiger partial charge in [-0.25, -0.2) is 4.98 Å². The molecule has 0 aliphatic heterocycles. The van der Waals surface area contributed by atoms with E-state index in [1.54, 1.807) is 0 Å². The van der Waals surface area contributed by atoms with Crippen molar-refractivity contribution >= 4 is 29.6 Å². The lowest BCUT2D eigenvalue weighted by molar-refractivity contribution is 0.299. The van der Waals surface area contributed by atoms with E-state index in [0.717, 1.165) is 22.8 Å². The molecule has 5 nitrogen and oxygen atoms in total. The fourth-order valence-corrected chi connectivity index (χ4v) is 1.93. The van der Waals surface area contributed by atoms with E-state index < -0.39 is 8.26 Å². The molecule has 0 aliphatic rings. The van der Waals surface area contributed by atoms with Crippen LogP contribution in [0.25, 0.3) is 11.5 Å². The van der Waals surface area contributed by atoms with Crippen molar-refractivity contribution < 1.29 is 17.6 Å². The van der Waals surface area contributed by atoms with Crippen LogP contribution in [0.5, 0.6) is 5.75 Å². The van der Waals surface area contributed by atoms with Gasteiger partial charge >= 0.3 is 8.26 Å². The molecule has 0 saturated heterocycles. The highest BCUT2D eigenvalue weighted by Gasteiger charge is 2.11. The third-order valence-corrected chi connectivity index (χ3v) is 3.03. The van der Waals surface area contributed by atoms with Gasteiger partial charge in [-0.15, -0.1) is 0 Å². The average Bonchev–Trinajstić information content (AvgIpc) is 2.94. The summed E-state index contributed by atoms with van der Waals surface area (Å²) in [5.41, 5.74) is 1.80. The lowest BCUT2D eigenvalue weighted by atomic mass is 10.2. The number of benzene rings is 2. The second kappa shape index (κ2) is 8.89. The molecule has 0 atom stereocenters. The summed E-state index contributed by atoms with van der Waals surface area (Å²) in [5, 5.41) is 0. The standard InChI is InChI=1S/C17H15NO2.Cl2O2S/c1-13-16(12-19-15-10-6-3-7-11-15)18-17(20-13)14-8-4-2-5-9-14;1-5(2,3)4/h2-11H,12H2,1H3;. The van der Waals surface area contributed by atoms with Gasteiger partial charge < -0.3 is 9.15 Å². The van der Waals surface area contributed by atoms with Crippen LogP contribution >= 0.6 is 21.4 Å². The predicted octanol–water partition coefficient (Wildman–Crippen LogP) is 4.94. The first-order valence-corrected chi connectivity index (χ1v) is 10.3. The molecule has 0 N–H and O–H groups in total. The molecule has 3 aromatic rings. The number of halogens is 2. The second-order valence-corrected chi connectivity index (χ2v) is 8.54. The third-order valence-electron chi connectivity index (χ3n) is 3.03. The topological polar surface area (TPSA) is 69.4 Å². The summed E-state index contributed by atoms with van der Waals surface area (Å²) in [4.78, 5) is 4.50.